The summed E-state index contributed by atoms with van der Waals surface area (Å²) < 4.78 is 4.91. The van der Waals surface area contributed by atoms with Gasteiger partial charge in [-0.05, 0) is 53.6 Å². The third-order valence-corrected chi connectivity index (χ3v) is 8.64. The zero-order valence-electron chi connectivity index (χ0n) is 20.5. The van der Waals surface area contributed by atoms with Crippen LogP contribution < -0.4 is 0 Å². The van der Waals surface area contributed by atoms with E-state index in [0.29, 0.717) is 0 Å². The Morgan fingerprint density at radius 1 is 0.500 bits per heavy atom. The molecule has 38 heavy (non-hydrogen) atoms. The average Bonchev–Trinajstić information content (AvgIpc) is 3.53. The number of para-hydroxylation sites is 2. The van der Waals surface area contributed by atoms with Gasteiger partial charge in [0.05, 0.1) is 21.4 Å². The number of fused-ring (bicyclic) bond motifs is 6. The molecule has 0 aliphatic heterocycles. The summed E-state index contributed by atoms with van der Waals surface area (Å²) in [7, 11) is 0. The summed E-state index contributed by atoms with van der Waals surface area (Å²) in [6, 6.07) is 45.7. The van der Waals surface area contributed by atoms with E-state index in [0.717, 1.165) is 16.9 Å². The van der Waals surface area contributed by atoms with Gasteiger partial charge in [0.15, 0.2) is 0 Å². The van der Waals surface area contributed by atoms with E-state index in [1.807, 2.05) is 17.5 Å². The van der Waals surface area contributed by atoms with Crippen molar-refractivity contribution in [3.63, 3.8) is 0 Å². The van der Waals surface area contributed by atoms with Gasteiger partial charge in [-0.3, -0.25) is 4.98 Å². The standard InChI is InChI=1S/C35H22N2S/c1-4-16-31-27(13-1)28-14-2-5-17-32(28)37(31)26-12-8-10-24(22-26)23-9-7-11-25(21-23)34-35-30(19-20-36-34)29-15-3-6-18-33(29)38-35/h1-22H. The summed E-state index contributed by atoms with van der Waals surface area (Å²) in [4.78, 5) is 4.84. The fourth-order valence-corrected chi connectivity index (χ4v) is 6.94. The van der Waals surface area contributed by atoms with Crippen molar-refractivity contribution in [3.8, 4) is 28.1 Å². The molecule has 0 aliphatic carbocycles. The molecule has 0 spiro atoms. The van der Waals surface area contributed by atoms with Crippen molar-refractivity contribution >= 4 is 53.3 Å². The Morgan fingerprint density at radius 2 is 1.13 bits per heavy atom. The van der Waals surface area contributed by atoms with Crippen molar-refractivity contribution < 1.29 is 0 Å². The van der Waals surface area contributed by atoms with Crippen molar-refractivity contribution in [2.24, 2.45) is 0 Å². The van der Waals surface area contributed by atoms with Crippen LogP contribution in [0.15, 0.2) is 134 Å². The molecule has 8 rings (SSSR count). The highest BCUT2D eigenvalue weighted by atomic mass is 32.1. The van der Waals surface area contributed by atoms with Gasteiger partial charge in [0.2, 0.25) is 0 Å². The maximum atomic E-state index is 4.84. The van der Waals surface area contributed by atoms with Gasteiger partial charge in [0.1, 0.15) is 0 Å². The van der Waals surface area contributed by atoms with E-state index in [2.05, 4.69) is 132 Å². The minimum Gasteiger partial charge on any atom is -0.309 e. The van der Waals surface area contributed by atoms with Crippen LogP contribution in [0.25, 0.3) is 70.0 Å². The second-order valence-electron chi connectivity index (χ2n) is 9.64. The summed E-state index contributed by atoms with van der Waals surface area (Å²) in [6.45, 7) is 0. The Morgan fingerprint density at radius 3 is 1.92 bits per heavy atom. The number of hydrogen-bond acceptors (Lipinski definition) is 2. The number of hydrogen-bond donors (Lipinski definition) is 0. The van der Waals surface area contributed by atoms with Gasteiger partial charge in [-0.1, -0.05) is 84.9 Å². The minimum atomic E-state index is 1.05. The van der Waals surface area contributed by atoms with Crippen LogP contribution in [0, 0.1) is 0 Å². The lowest BCUT2D eigenvalue weighted by Crippen LogP contribution is -1.94. The Hall–Kier alpha value is -4.73. The van der Waals surface area contributed by atoms with Crippen LogP contribution in [0.3, 0.4) is 0 Å². The maximum absolute atomic E-state index is 4.84. The van der Waals surface area contributed by atoms with Gasteiger partial charge >= 0.3 is 0 Å². The number of rotatable bonds is 3. The van der Waals surface area contributed by atoms with E-state index in [1.165, 1.54) is 53.1 Å². The molecular formula is C35H22N2S. The first kappa shape index (κ1) is 21.4. The lowest BCUT2D eigenvalue weighted by molar-refractivity contribution is 1.18. The SMILES string of the molecule is c1cc(-c2cccc(-n3c4ccccc4c4ccccc43)c2)cc(-c2nccc3c2sc2ccccc23)c1. The van der Waals surface area contributed by atoms with Gasteiger partial charge in [0, 0.05) is 43.7 Å². The monoisotopic (exact) mass is 502 g/mol. The van der Waals surface area contributed by atoms with Gasteiger partial charge in [-0.25, -0.2) is 0 Å². The zero-order valence-corrected chi connectivity index (χ0v) is 21.3. The molecule has 3 aromatic heterocycles. The van der Waals surface area contributed by atoms with Crippen molar-refractivity contribution in [2.75, 3.05) is 0 Å². The fraction of sp³-hybridized carbons (Fsp3) is 0. The largest absolute Gasteiger partial charge is 0.309 e. The van der Waals surface area contributed by atoms with Crippen molar-refractivity contribution in [1.29, 1.82) is 0 Å². The highest BCUT2D eigenvalue weighted by molar-refractivity contribution is 7.26. The molecule has 178 valence electrons. The molecule has 3 heterocycles. The molecule has 0 atom stereocenters. The quantitative estimate of drug-likeness (QED) is 0.235. The topological polar surface area (TPSA) is 17.8 Å². The molecule has 8 aromatic rings. The highest BCUT2D eigenvalue weighted by Gasteiger charge is 2.14. The van der Waals surface area contributed by atoms with Gasteiger partial charge in [-0.15, -0.1) is 11.3 Å². The van der Waals surface area contributed by atoms with E-state index in [-0.39, 0.29) is 0 Å². The number of thiophene rings is 1. The molecule has 0 saturated heterocycles. The Bertz CT molecular complexity index is 2090. The number of aromatic nitrogens is 2. The molecule has 5 aromatic carbocycles. The van der Waals surface area contributed by atoms with Crippen molar-refractivity contribution in [1.82, 2.24) is 9.55 Å². The normalized spacial score (nSPS) is 11.7. The van der Waals surface area contributed by atoms with E-state index in [4.69, 9.17) is 4.98 Å². The van der Waals surface area contributed by atoms with Crippen LogP contribution in [-0.2, 0) is 0 Å². The summed E-state index contributed by atoms with van der Waals surface area (Å²) >= 11 is 1.82. The molecule has 0 bridgehead atoms. The second kappa shape index (κ2) is 8.41. The third-order valence-electron chi connectivity index (χ3n) is 7.45. The molecule has 0 saturated carbocycles. The van der Waals surface area contributed by atoms with Crippen LogP contribution in [-0.4, -0.2) is 9.55 Å². The molecule has 0 unspecified atom stereocenters. The first-order valence-electron chi connectivity index (χ1n) is 12.8. The van der Waals surface area contributed by atoms with Crippen LogP contribution in [0.5, 0.6) is 0 Å². The predicted octanol–water partition coefficient (Wildman–Crippen LogP) is 9.88. The lowest BCUT2D eigenvalue weighted by Gasteiger charge is -2.11. The molecule has 0 radical (unpaired) electrons. The van der Waals surface area contributed by atoms with Gasteiger partial charge < -0.3 is 4.57 Å². The zero-order chi connectivity index (χ0) is 25.1. The first-order chi connectivity index (χ1) is 18.8. The smallest absolute Gasteiger partial charge is 0.0880 e. The van der Waals surface area contributed by atoms with E-state index in [9.17, 15) is 0 Å². The molecule has 0 amide bonds. The second-order valence-corrected chi connectivity index (χ2v) is 10.7. The average molecular weight is 503 g/mol. The summed E-state index contributed by atoms with van der Waals surface area (Å²) in [5.41, 5.74) is 8.17. The van der Waals surface area contributed by atoms with Crippen molar-refractivity contribution in [2.45, 2.75) is 0 Å². The summed E-state index contributed by atoms with van der Waals surface area (Å²) in [5.74, 6) is 0. The third kappa shape index (κ3) is 3.22. The maximum Gasteiger partial charge on any atom is 0.0880 e. The minimum absolute atomic E-state index is 1.05. The highest BCUT2D eigenvalue weighted by Crippen LogP contribution is 2.39. The summed E-state index contributed by atoms with van der Waals surface area (Å²) in [6.07, 6.45) is 1.94. The predicted molar refractivity (Wildman–Crippen MR) is 162 cm³/mol. The lowest BCUT2D eigenvalue weighted by atomic mass is 10.0. The fourth-order valence-electron chi connectivity index (χ4n) is 5.73. The van der Waals surface area contributed by atoms with Crippen LogP contribution in [0.4, 0.5) is 0 Å². The van der Waals surface area contributed by atoms with Crippen LogP contribution >= 0.6 is 11.3 Å². The molecule has 0 aliphatic rings. The van der Waals surface area contributed by atoms with E-state index in [1.54, 1.807) is 0 Å². The number of pyridine rings is 1. The molecule has 0 N–H and O–H groups in total. The number of benzene rings is 5. The Balaban J connectivity index is 1.28. The van der Waals surface area contributed by atoms with Gasteiger partial charge in [0.25, 0.3) is 0 Å². The number of nitrogens with zero attached hydrogens (tertiary/aromatic N) is 2. The van der Waals surface area contributed by atoms with Gasteiger partial charge in [-0.2, -0.15) is 0 Å². The Kier molecular flexibility index (Phi) is 4.73. The Labute approximate surface area is 224 Å². The molecule has 3 heteroatoms. The van der Waals surface area contributed by atoms with Crippen LogP contribution in [0.1, 0.15) is 0 Å². The summed E-state index contributed by atoms with van der Waals surface area (Å²) in [5, 5.41) is 5.12. The molecular weight excluding hydrogens is 480 g/mol. The van der Waals surface area contributed by atoms with Crippen molar-refractivity contribution in [3.05, 3.63) is 134 Å². The van der Waals surface area contributed by atoms with Crippen LogP contribution in [0.2, 0.25) is 0 Å². The van der Waals surface area contributed by atoms with E-state index >= 15 is 0 Å². The van der Waals surface area contributed by atoms with E-state index < -0.39 is 0 Å². The molecule has 0 fully saturated rings. The molecule has 2 nitrogen and oxygen atoms in total. The first-order valence-corrected chi connectivity index (χ1v) is 13.6.